The van der Waals surface area contributed by atoms with E-state index in [9.17, 15) is 0 Å². The van der Waals surface area contributed by atoms with Crippen LogP contribution in [0.15, 0.2) is 85.0 Å². The predicted molar refractivity (Wildman–Crippen MR) is 81.1 cm³/mol. The maximum absolute atomic E-state index is 4.30. The molecule has 0 nitrogen and oxygen atoms in total. The van der Waals surface area contributed by atoms with Crippen LogP contribution in [0, 0.1) is 5.92 Å². The second kappa shape index (κ2) is 4.24. The van der Waals surface area contributed by atoms with Crippen LogP contribution in [0.1, 0.15) is 18.1 Å². The monoisotopic (exact) mass is 246 g/mol. The minimum atomic E-state index is -0.0976. The minimum absolute atomic E-state index is 0.0976. The van der Waals surface area contributed by atoms with Gasteiger partial charge in [-0.05, 0) is 28.2 Å². The first-order valence-electron chi connectivity index (χ1n) is 6.68. The molecule has 1 saturated carbocycles. The summed E-state index contributed by atoms with van der Waals surface area (Å²) in [7, 11) is 0. The van der Waals surface area contributed by atoms with Crippen LogP contribution in [0.2, 0.25) is 0 Å². The molecule has 3 rings (SSSR count). The third-order valence-electron chi connectivity index (χ3n) is 4.49. The number of hydrogen-bond donors (Lipinski definition) is 0. The molecule has 1 atom stereocenters. The van der Waals surface area contributed by atoms with Crippen molar-refractivity contribution < 1.29 is 0 Å². The Bertz CT molecular complexity index is 580. The van der Waals surface area contributed by atoms with Crippen molar-refractivity contribution in [2.24, 2.45) is 5.92 Å². The van der Waals surface area contributed by atoms with Crippen LogP contribution in [0.3, 0.4) is 0 Å². The molecule has 19 heavy (non-hydrogen) atoms. The Kier molecular flexibility index (Phi) is 2.67. The largest absolute Gasteiger partial charge is 0.0952 e. The number of benzene rings is 2. The zero-order valence-corrected chi connectivity index (χ0v) is 11.3. The lowest BCUT2D eigenvalue weighted by atomic mass is 9.49. The summed E-state index contributed by atoms with van der Waals surface area (Å²) >= 11 is 0. The first-order valence-corrected chi connectivity index (χ1v) is 6.68. The summed E-state index contributed by atoms with van der Waals surface area (Å²) in [5.41, 5.74) is 4.85. The van der Waals surface area contributed by atoms with Crippen LogP contribution in [0.4, 0.5) is 0 Å². The highest BCUT2D eigenvalue weighted by Crippen LogP contribution is 2.58. The van der Waals surface area contributed by atoms with Gasteiger partial charge in [0.15, 0.2) is 0 Å². The molecule has 0 radical (unpaired) electrons. The Morgan fingerprint density at radius 1 is 0.789 bits per heavy atom. The first-order chi connectivity index (χ1) is 9.19. The zero-order chi connectivity index (χ0) is 13.5. The quantitative estimate of drug-likeness (QED) is 0.718. The molecule has 0 aromatic heterocycles. The van der Waals surface area contributed by atoms with Crippen molar-refractivity contribution in [3.63, 3.8) is 0 Å². The summed E-state index contributed by atoms with van der Waals surface area (Å²) in [6, 6.07) is 21.3. The average Bonchev–Trinajstić information content (AvgIpc) is 2.49. The second-order valence-electron chi connectivity index (χ2n) is 5.27. The van der Waals surface area contributed by atoms with Gasteiger partial charge in [-0.15, -0.1) is 0 Å². The highest BCUT2D eigenvalue weighted by Gasteiger charge is 2.52. The average molecular weight is 246 g/mol. The lowest BCUT2D eigenvalue weighted by Crippen LogP contribution is -2.47. The van der Waals surface area contributed by atoms with Crippen molar-refractivity contribution >= 4 is 0 Å². The summed E-state index contributed by atoms with van der Waals surface area (Å²) < 4.78 is 0. The standard InChI is InChI=1S/C19H18/c1-14-15(2)19(16(14)3,17-10-6-4-7-11-17)18-12-8-5-9-13-18/h4-13,16H,1-2H2,3H3. The molecular weight excluding hydrogens is 228 g/mol. The van der Waals surface area contributed by atoms with Gasteiger partial charge < -0.3 is 0 Å². The van der Waals surface area contributed by atoms with Gasteiger partial charge in [-0.3, -0.25) is 0 Å². The minimum Gasteiger partial charge on any atom is -0.0952 e. The van der Waals surface area contributed by atoms with Gasteiger partial charge in [-0.1, -0.05) is 80.7 Å². The van der Waals surface area contributed by atoms with Gasteiger partial charge >= 0.3 is 0 Å². The Labute approximate surface area is 115 Å². The molecule has 0 N–H and O–H groups in total. The van der Waals surface area contributed by atoms with Crippen molar-refractivity contribution in [3.8, 4) is 0 Å². The fourth-order valence-electron chi connectivity index (χ4n) is 3.38. The van der Waals surface area contributed by atoms with E-state index in [1.54, 1.807) is 0 Å². The highest BCUT2D eigenvalue weighted by atomic mass is 14.5. The van der Waals surface area contributed by atoms with Crippen molar-refractivity contribution in [3.05, 3.63) is 96.1 Å². The molecule has 0 spiro atoms. The lowest BCUT2D eigenvalue weighted by Gasteiger charge is -2.53. The third kappa shape index (κ3) is 1.46. The summed E-state index contributed by atoms with van der Waals surface area (Å²) in [4.78, 5) is 0. The van der Waals surface area contributed by atoms with E-state index in [1.807, 2.05) is 0 Å². The van der Waals surface area contributed by atoms with Gasteiger partial charge in [0.2, 0.25) is 0 Å². The van der Waals surface area contributed by atoms with E-state index < -0.39 is 0 Å². The van der Waals surface area contributed by atoms with Gasteiger partial charge in [0.25, 0.3) is 0 Å². The molecule has 2 aromatic rings. The van der Waals surface area contributed by atoms with Gasteiger partial charge in [0.1, 0.15) is 0 Å². The first kappa shape index (κ1) is 12.0. The smallest absolute Gasteiger partial charge is 0.0513 e. The predicted octanol–water partition coefficient (Wildman–Crippen LogP) is 4.73. The normalized spacial score (nSPS) is 21.0. The molecule has 1 fully saturated rings. The zero-order valence-electron chi connectivity index (χ0n) is 11.3. The Morgan fingerprint density at radius 2 is 1.21 bits per heavy atom. The number of rotatable bonds is 2. The van der Waals surface area contributed by atoms with Crippen LogP contribution in [-0.4, -0.2) is 0 Å². The molecule has 0 bridgehead atoms. The molecule has 1 aliphatic rings. The number of allylic oxidation sites excluding steroid dienone is 2. The van der Waals surface area contributed by atoms with Gasteiger partial charge in [0.05, 0.1) is 5.41 Å². The van der Waals surface area contributed by atoms with E-state index >= 15 is 0 Å². The molecule has 2 aromatic carbocycles. The summed E-state index contributed by atoms with van der Waals surface area (Å²) in [5, 5.41) is 0. The van der Waals surface area contributed by atoms with E-state index in [0.29, 0.717) is 5.92 Å². The molecule has 0 saturated heterocycles. The van der Waals surface area contributed by atoms with Gasteiger partial charge in [-0.2, -0.15) is 0 Å². The lowest BCUT2D eigenvalue weighted by molar-refractivity contribution is 0.382. The van der Waals surface area contributed by atoms with Gasteiger partial charge in [-0.25, -0.2) is 0 Å². The van der Waals surface area contributed by atoms with E-state index in [0.717, 1.165) is 5.57 Å². The van der Waals surface area contributed by atoms with Gasteiger partial charge in [0, 0.05) is 0 Å². The molecular formula is C19H18. The Hall–Kier alpha value is -2.08. The van der Waals surface area contributed by atoms with Crippen LogP contribution >= 0.6 is 0 Å². The van der Waals surface area contributed by atoms with Crippen LogP contribution in [-0.2, 0) is 5.41 Å². The van der Waals surface area contributed by atoms with Crippen LogP contribution in [0.5, 0.6) is 0 Å². The third-order valence-corrected chi connectivity index (χ3v) is 4.49. The molecule has 1 aliphatic carbocycles. The van der Waals surface area contributed by atoms with Crippen molar-refractivity contribution in [2.75, 3.05) is 0 Å². The molecule has 0 aliphatic heterocycles. The summed E-state index contributed by atoms with van der Waals surface area (Å²) in [6.45, 7) is 10.7. The Balaban J connectivity index is 2.24. The Morgan fingerprint density at radius 3 is 1.58 bits per heavy atom. The van der Waals surface area contributed by atoms with E-state index in [1.165, 1.54) is 16.7 Å². The molecule has 0 heteroatoms. The van der Waals surface area contributed by atoms with E-state index in [-0.39, 0.29) is 5.41 Å². The summed E-state index contributed by atoms with van der Waals surface area (Å²) in [6.07, 6.45) is 0. The van der Waals surface area contributed by atoms with Crippen molar-refractivity contribution in [1.82, 2.24) is 0 Å². The highest BCUT2D eigenvalue weighted by molar-refractivity contribution is 5.64. The van der Waals surface area contributed by atoms with E-state index in [2.05, 4.69) is 80.7 Å². The molecule has 94 valence electrons. The maximum Gasteiger partial charge on any atom is 0.0513 e. The molecule has 0 heterocycles. The summed E-state index contributed by atoms with van der Waals surface area (Å²) in [5.74, 6) is 0.393. The van der Waals surface area contributed by atoms with Crippen LogP contribution in [0.25, 0.3) is 0 Å². The van der Waals surface area contributed by atoms with Crippen molar-refractivity contribution in [2.45, 2.75) is 12.3 Å². The van der Waals surface area contributed by atoms with E-state index in [4.69, 9.17) is 0 Å². The fraction of sp³-hybridized carbons (Fsp3) is 0.158. The molecule has 0 amide bonds. The molecule has 1 unspecified atom stereocenters. The van der Waals surface area contributed by atoms with Crippen molar-refractivity contribution in [1.29, 1.82) is 0 Å². The maximum atomic E-state index is 4.30. The second-order valence-corrected chi connectivity index (χ2v) is 5.27. The number of hydrogen-bond acceptors (Lipinski definition) is 0. The van der Waals surface area contributed by atoms with Crippen LogP contribution < -0.4 is 0 Å². The topological polar surface area (TPSA) is 0 Å². The fourth-order valence-corrected chi connectivity index (χ4v) is 3.38. The SMILES string of the molecule is C=C1C(=C)C(c2ccccc2)(c2ccccc2)C1C.